The lowest BCUT2D eigenvalue weighted by Crippen LogP contribution is -2.20. The molecule has 5 heteroatoms. The Morgan fingerprint density at radius 1 is 1.00 bits per heavy atom. The van der Waals surface area contributed by atoms with Crippen LogP contribution in [0.5, 0.6) is 0 Å². The highest BCUT2D eigenvalue weighted by Gasteiger charge is 2.09. The van der Waals surface area contributed by atoms with Gasteiger partial charge in [-0.1, -0.05) is 35.3 Å². The predicted octanol–water partition coefficient (Wildman–Crippen LogP) is 5.25. The summed E-state index contributed by atoms with van der Waals surface area (Å²) in [6, 6.07) is 10.4. The third kappa shape index (κ3) is 3.44. The molecule has 2 amide bonds. The molecule has 0 radical (unpaired) electrons. The van der Waals surface area contributed by atoms with Crippen LogP contribution in [0, 0.1) is 13.8 Å². The lowest BCUT2D eigenvalue weighted by molar-refractivity contribution is 0.262. The van der Waals surface area contributed by atoms with Gasteiger partial charge in [-0.3, -0.25) is 0 Å². The van der Waals surface area contributed by atoms with E-state index in [-0.39, 0.29) is 6.03 Å². The molecule has 0 atom stereocenters. The molecule has 0 heterocycles. The predicted molar refractivity (Wildman–Crippen MR) is 85.0 cm³/mol. The number of halogens is 2. The molecule has 0 saturated carbocycles. The van der Waals surface area contributed by atoms with Crippen LogP contribution in [0.1, 0.15) is 11.1 Å². The van der Waals surface area contributed by atoms with Crippen molar-refractivity contribution in [3.8, 4) is 0 Å². The summed E-state index contributed by atoms with van der Waals surface area (Å²) in [5.74, 6) is 0. The number of benzene rings is 2. The van der Waals surface area contributed by atoms with Crippen molar-refractivity contribution in [2.45, 2.75) is 13.8 Å². The molecule has 0 saturated heterocycles. The van der Waals surface area contributed by atoms with E-state index >= 15 is 0 Å². The van der Waals surface area contributed by atoms with Gasteiger partial charge < -0.3 is 10.6 Å². The Labute approximate surface area is 127 Å². The largest absolute Gasteiger partial charge is 0.323 e. The quantitative estimate of drug-likeness (QED) is 0.781. The first-order chi connectivity index (χ1) is 9.47. The first kappa shape index (κ1) is 14.7. The highest BCUT2D eigenvalue weighted by Crippen LogP contribution is 2.26. The van der Waals surface area contributed by atoms with Gasteiger partial charge in [0.25, 0.3) is 0 Å². The van der Waals surface area contributed by atoms with Gasteiger partial charge in [0.2, 0.25) is 0 Å². The molecule has 0 spiro atoms. The number of aryl methyl sites for hydroxylation is 2. The topological polar surface area (TPSA) is 41.1 Å². The van der Waals surface area contributed by atoms with E-state index in [2.05, 4.69) is 10.6 Å². The van der Waals surface area contributed by atoms with E-state index in [4.69, 9.17) is 23.2 Å². The van der Waals surface area contributed by atoms with E-state index in [0.717, 1.165) is 11.1 Å². The molecular formula is C15H14Cl2N2O. The summed E-state index contributed by atoms with van der Waals surface area (Å²) in [5.41, 5.74) is 3.11. The molecule has 2 aromatic rings. The van der Waals surface area contributed by atoms with Gasteiger partial charge in [-0.05, 0) is 49.2 Å². The fourth-order valence-electron chi connectivity index (χ4n) is 1.82. The van der Waals surface area contributed by atoms with E-state index in [0.29, 0.717) is 21.4 Å². The molecule has 2 rings (SSSR count). The molecule has 0 aliphatic heterocycles. The van der Waals surface area contributed by atoms with Gasteiger partial charge in [-0.2, -0.15) is 0 Å². The van der Waals surface area contributed by atoms with Crippen molar-refractivity contribution in [2.75, 3.05) is 10.6 Å². The first-order valence-electron chi connectivity index (χ1n) is 6.06. The normalized spacial score (nSPS) is 10.2. The summed E-state index contributed by atoms with van der Waals surface area (Å²) in [7, 11) is 0. The molecule has 20 heavy (non-hydrogen) atoms. The average molecular weight is 309 g/mol. The van der Waals surface area contributed by atoms with Crippen molar-refractivity contribution in [2.24, 2.45) is 0 Å². The number of carbonyl (C=O) groups is 1. The first-order valence-corrected chi connectivity index (χ1v) is 6.82. The molecule has 3 nitrogen and oxygen atoms in total. The summed E-state index contributed by atoms with van der Waals surface area (Å²) in [6.45, 7) is 3.76. The average Bonchev–Trinajstić information content (AvgIpc) is 2.37. The van der Waals surface area contributed by atoms with Gasteiger partial charge in [0.15, 0.2) is 0 Å². The number of urea groups is 1. The zero-order chi connectivity index (χ0) is 14.7. The van der Waals surface area contributed by atoms with Crippen molar-refractivity contribution >= 4 is 40.6 Å². The monoisotopic (exact) mass is 308 g/mol. The Balaban J connectivity index is 2.13. The fourth-order valence-corrected chi connectivity index (χ4v) is 2.32. The summed E-state index contributed by atoms with van der Waals surface area (Å²) in [4.78, 5) is 12.0. The van der Waals surface area contributed by atoms with Crippen LogP contribution < -0.4 is 10.6 Å². The van der Waals surface area contributed by atoms with Crippen molar-refractivity contribution in [3.63, 3.8) is 0 Å². The van der Waals surface area contributed by atoms with Gasteiger partial charge in [0.1, 0.15) is 0 Å². The smallest absolute Gasteiger partial charge is 0.307 e. The Morgan fingerprint density at radius 3 is 2.40 bits per heavy atom. The van der Waals surface area contributed by atoms with Crippen LogP contribution in [0.4, 0.5) is 16.2 Å². The van der Waals surface area contributed by atoms with E-state index < -0.39 is 0 Å². The Hall–Kier alpha value is -1.71. The Morgan fingerprint density at radius 2 is 1.75 bits per heavy atom. The zero-order valence-corrected chi connectivity index (χ0v) is 12.6. The van der Waals surface area contributed by atoms with Gasteiger partial charge in [0, 0.05) is 10.7 Å². The van der Waals surface area contributed by atoms with Gasteiger partial charge >= 0.3 is 6.03 Å². The standard InChI is InChI=1S/C15H14Cl2N2O/c1-9-4-3-5-12(17)14(9)19-15(20)18-13-7-6-11(16)8-10(13)2/h3-8H,1-2H3,(H2,18,19,20). The second-order valence-corrected chi connectivity index (χ2v) is 5.31. The summed E-state index contributed by atoms with van der Waals surface area (Å²) >= 11 is 11.9. The van der Waals surface area contributed by atoms with Crippen LogP contribution in [-0.4, -0.2) is 6.03 Å². The molecule has 0 aliphatic carbocycles. The summed E-state index contributed by atoms with van der Waals surface area (Å²) < 4.78 is 0. The van der Waals surface area contributed by atoms with E-state index in [1.807, 2.05) is 26.0 Å². The molecule has 0 unspecified atom stereocenters. The maximum absolute atomic E-state index is 12.0. The van der Waals surface area contributed by atoms with Crippen LogP contribution in [0.15, 0.2) is 36.4 Å². The maximum Gasteiger partial charge on any atom is 0.323 e. The fraction of sp³-hybridized carbons (Fsp3) is 0.133. The molecule has 0 aromatic heterocycles. The number of carbonyl (C=O) groups excluding carboxylic acids is 1. The highest BCUT2D eigenvalue weighted by atomic mass is 35.5. The van der Waals surface area contributed by atoms with Gasteiger partial charge in [-0.15, -0.1) is 0 Å². The van der Waals surface area contributed by atoms with Crippen LogP contribution >= 0.6 is 23.2 Å². The zero-order valence-electron chi connectivity index (χ0n) is 11.1. The van der Waals surface area contributed by atoms with Crippen LogP contribution in [-0.2, 0) is 0 Å². The third-order valence-corrected chi connectivity index (χ3v) is 3.45. The van der Waals surface area contributed by atoms with Gasteiger partial charge in [0.05, 0.1) is 10.7 Å². The molecule has 104 valence electrons. The molecular weight excluding hydrogens is 295 g/mol. The van der Waals surface area contributed by atoms with E-state index in [9.17, 15) is 4.79 Å². The summed E-state index contributed by atoms with van der Waals surface area (Å²) in [6.07, 6.45) is 0. The number of para-hydroxylation sites is 1. The molecule has 2 N–H and O–H groups in total. The lowest BCUT2D eigenvalue weighted by Gasteiger charge is -2.12. The molecule has 2 aromatic carbocycles. The van der Waals surface area contributed by atoms with Crippen LogP contribution in [0.25, 0.3) is 0 Å². The van der Waals surface area contributed by atoms with Crippen molar-refractivity contribution in [3.05, 3.63) is 57.6 Å². The maximum atomic E-state index is 12.0. The van der Waals surface area contributed by atoms with E-state index in [1.165, 1.54) is 0 Å². The van der Waals surface area contributed by atoms with Crippen molar-refractivity contribution in [1.29, 1.82) is 0 Å². The number of hydrogen-bond donors (Lipinski definition) is 2. The minimum absolute atomic E-state index is 0.341. The number of rotatable bonds is 2. The third-order valence-electron chi connectivity index (χ3n) is 2.90. The number of amides is 2. The molecule has 0 aliphatic rings. The van der Waals surface area contributed by atoms with Crippen molar-refractivity contribution < 1.29 is 4.79 Å². The molecule has 0 fully saturated rings. The van der Waals surface area contributed by atoms with E-state index in [1.54, 1.807) is 24.3 Å². The number of nitrogens with one attached hydrogen (secondary N) is 2. The Kier molecular flexibility index (Phi) is 4.53. The number of anilines is 2. The van der Waals surface area contributed by atoms with Crippen LogP contribution in [0.2, 0.25) is 10.0 Å². The SMILES string of the molecule is Cc1cc(Cl)ccc1NC(=O)Nc1c(C)cccc1Cl. The highest BCUT2D eigenvalue weighted by molar-refractivity contribution is 6.34. The minimum Gasteiger partial charge on any atom is -0.307 e. The minimum atomic E-state index is -0.341. The lowest BCUT2D eigenvalue weighted by atomic mass is 10.2. The van der Waals surface area contributed by atoms with Gasteiger partial charge in [-0.25, -0.2) is 4.79 Å². The Bertz CT molecular complexity index is 636. The summed E-state index contributed by atoms with van der Waals surface area (Å²) in [5, 5.41) is 6.67. The second kappa shape index (κ2) is 6.16. The number of hydrogen-bond acceptors (Lipinski definition) is 1. The second-order valence-electron chi connectivity index (χ2n) is 4.47. The van der Waals surface area contributed by atoms with Crippen LogP contribution in [0.3, 0.4) is 0 Å². The van der Waals surface area contributed by atoms with Crippen molar-refractivity contribution in [1.82, 2.24) is 0 Å². The molecule has 0 bridgehead atoms.